The summed E-state index contributed by atoms with van der Waals surface area (Å²) in [5.41, 5.74) is 4.91. The number of amides is 1. The van der Waals surface area contributed by atoms with Crippen LogP contribution in [-0.2, 0) is 4.79 Å². The number of carbonyl (C=O) groups is 1. The third kappa shape index (κ3) is 9.21. The Balaban J connectivity index is 3.07. The van der Waals surface area contributed by atoms with Crippen molar-refractivity contribution in [3.05, 3.63) is 12.2 Å². The van der Waals surface area contributed by atoms with Crippen LogP contribution in [0.4, 0.5) is 0 Å². The van der Waals surface area contributed by atoms with Gasteiger partial charge in [-0.15, -0.1) is 0 Å². The maximum atomic E-state index is 10.2. The van der Waals surface area contributed by atoms with Gasteiger partial charge in [0.05, 0.1) is 0 Å². The lowest BCUT2D eigenvalue weighted by Gasteiger charge is -1.92. The molecular formula is C9H17NO. The standard InChI is InChI=1S/C9H17NO/c1-2-3-4-5-6-7-8-9(10)11/h7-8H,2-6H2,1H3,(H2,10,11). The first kappa shape index (κ1) is 10.2. The van der Waals surface area contributed by atoms with E-state index in [1.807, 2.05) is 6.08 Å². The summed E-state index contributed by atoms with van der Waals surface area (Å²) in [6.45, 7) is 2.18. The highest BCUT2D eigenvalue weighted by atomic mass is 16.1. The quantitative estimate of drug-likeness (QED) is 0.462. The number of unbranched alkanes of at least 4 members (excludes halogenated alkanes) is 4. The first-order chi connectivity index (χ1) is 5.27. The Morgan fingerprint density at radius 3 is 2.64 bits per heavy atom. The lowest BCUT2D eigenvalue weighted by atomic mass is 10.1. The van der Waals surface area contributed by atoms with Crippen LogP contribution in [0.25, 0.3) is 0 Å². The molecule has 2 N–H and O–H groups in total. The van der Waals surface area contributed by atoms with Crippen LogP contribution in [0.2, 0.25) is 0 Å². The van der Waals surface area contributed by atoms with Crippen LogP contribution in [-0.4, -0.2) is 5.91 Å². The van der Waals surface area contributed by atoms with Gasteiger partial charge >= 0.3 is 0 Å². The molecule has 0 aromatic carbocycles. The van der Waals surface area contributed by atoms with E-state index in [0.29, 0.717) is 0 Å². The van der Waals surface area contributed by atoms with Gasteiger partial charge in [0.2, 0.25) is 5.91 Å². The van der Waals surface area contributed by atoms with Gasteiger partial charge in [0.1, 0.15) is 0 Å². The van der Waals surface area contributed by atoms with Gasteiger partial charge in [-0.2, -0.15) is 0 Å². The average molecular weight is 155 g/mol. The van der Waals surface area contributed by atoms with Crippen LogP contribution in [0.5, 0.6) is 0 Å². The molecule has 0 rings (SSSR count). The topological polar surface area (TPSA) is 43.1 Å². The molecule has 1 amide bonds. The molecule has 2 heteroatoms. The van der Waals surface area contributed by atoms with E-state index in [2.05, 4.69) is 6.92 Å². The Hall–Kier alpha value is -0.790. The minimum absolute atomic E-state index is 0.347. The number of nitrogens with two attached hydrogens (primary N) is 1. The Kier molecular flexibility index (Phi) is 6.79. The number of rotatable bonds is 6. The average Bonchev–Trinajstić information content (AvgIpc) is 1.96. The fraction of sp³-hybridized carbons (Fsp3) is 0.667. The van der Waals surface area contributed by atoms with E-state index in [1.54, 1.807) is 0 Å². The molecule has 0 atom stereocenters. The highest BCUT2D eigenvalue weighted by molar-refractivity contribution is 5.85. The van der Waals surface area contributed by atoms with E-state index in [-0.39, 0.29) is 5.91 Å². The van der Waals surface area contributed by atoms with Gasteiger partial charge < -0.3 is 5.73 Å². The normalized spacial score (nSPS) is 10.6. The molecular weight excluding hydrogens is 138 g/mol. The lowest BCUT2D eigenvalue weighted by Crippen LogP contribution is -2.05. The van der Waals surface area contributed by atoms with Crippen molar-refractivity contribution in [2.45, 2.75) is 39.0 Å². The van der Waals surface area contributed by atoms with Crippen molar-refractivity contribution in [2.75, 3.05) is 0 Å². The largest absolute Gasteiger partial charge is 0.366 e. The van der Waals surface area contributed by atoms with Crippen LogP contribution in [0.1, 0.15) is 39.0 Å². The second-order valence-corrected chi connectivity index (χ2v) is 2.65. The molecule has 64 valence electrons. The second-order valence-electron chi connectivity index (χ2n) is 2.65. The van der Waals surface area contributed by atoms with Crippen molar-refractivity contribution in [3.63, 3.8) is 0 Å². The lowest BCUT2D eigenvalue weighted by molar-refractivity contribution is -0.113. The summed E-state index contributed by atoms with van der Waals surface area (Å²) in [6.07, 6.45) is 9.20. The molecule has 0 fully saturated rings. The molecule has 0 aromatic rings. The smallest absolute Gasteiger partial charge is 0.241 e. The Morgan fingerprint density at radius 1 is 1.36 bits per heavy atom. The van der Waals surface area contributed by atoms with Gasteiger partial charge in [-0.05, 0) is 18.9 Å². The van der Waals surface area contributed by atoms with Gasteiger partial charge in [-0.3, -0.25) is 4.79 Å². The monoisotopic (exact) mass is 155 g/mol. The molecule has 0 bridgehead atoms. The van der Waals surface area contributed by atoms with Crippen molar-refractivity contribution in [1.29, 1.82) is 0 Å². The Labute approximate surface area is 68.5 Å². The van der Waals surface area contributed by atoms with Gasteiger partial charge in [0.15, 0.2) is 0 Å². The summed E-state index contributed by atoms with van der Waals surface area (Å²) >= 11 is 0. The van der Waals surface area contributed by atoms with Crippen LogP contribution < -0.4 is 5.73 Å². The zero-order valence-electron chi connectivity index (χ0n) is 7.18. The Bertz CT molecular complexity index is 130. The fourth-order valence-corrected chi connectivity index (χ4v) is 0.888. The van der Waals surface area contributed by atoms with Gasteiger partial charge in [-0.25, -0.2) is 0 Å². The minimum Gasteiger partial charge on any atom is -0.366 e. The van der Waals surface area contributed by atoms with Crippen molar-refractivity contribution in [3.8, 4) is 0 Å². The summed E-state index contributed by atoms with van der Waals surface area (Å²) in [4.78, 5) is 10.2. The van der Waals surface area contributed by atoms with E-state index in [1.165, 1.54) is 25.3 Å². The molecule has 0 saturated carbocycles. The van der Waals surface area contributed by atoms with Crippen LogP contribution in [0, 0.1) is 0 Å². The maximum Gasteiger partial charge on any atom is 0.241 e. The van der Waals surface area contributed by atoms with Crippen molar-refractivity contribution >= 4 is 5.91 Å². The molecule has 2 nitrogen and oxygen atoms in total. The van der Waals surface area contributed by atoms with E-state index >= 15 is 0 Å². The van der Waals surface area contributed by atoms with E-state index in [9.17, 15) is 4.79 Å². The predicted molar refractivity (Wildman–Crippen MR) is 47.1 cm³/mol. The Morgan fingerprint density at radius 2 is 2.09 bits per heavy atom. The van der Waals surface area contributed by atoms with Crippen molar-refractivity contribution in [1.82, 2.24) is 0 Å². The highest BCUT2D eigenvalue weighted by Gasteiger charge is 1.85. The molecule has 0 aromatic heterocycles. The van der Waals surface area contributed by atoms with E-state index in [0.717, 1.165) is 12.8 Å². The molecule has 0 aliphatic carbocycles. The fourth-order valence-electron chi connectivity index (χ4n) is 0.888. The molecule has 11 heavy (non-hydrogen) atoms. The zero-order chi connectivity index (χ0) is 8.53. The van der Waals surface area contributed by atoms with Crippen molar-refractivity contribution in [2.24, 2.45) is 5.73 Å². The highest BCUT2D eigenvalue weighted by Crippen LogP contribution is 2.02. The van der Waals surface area contributed by atoms with Crippen LogP contribution in [0.15, 0.2) is 12.2 Å². The number of allylic oxidation sites excluding steroid dienone is 1. The molecule has 0 saturated heterocycles. The summed E-state index contributed by atoms with van der Waals surface area (Å²) in [7, 11) is 0. The second kappa shape index (κ2) is 7.32. The third-order valence-electron chi connectivity index (χ3n) is 1.51. The first-order valence-electron chi connectivity index (χ1n) is 4.23. The molecule has 0 heterocycles. The maximum absolute atomic E-state index is 10.2. The van der Waals surface area contributed by atoms with Crippen LogP contribution in [0.3, 0.4) is 0 Å². The number of carbonyl (C=O) groups excluding carboxylic acids is 1. The number of hydrogen-bond acceptors (Lipinski definition) is 1. The molecule has 0 spiro atoms. The predicted octanol–water partition coefficient (Wildman–Crippen LogP) is 2.00. The third-order valence-corrected chi connectivity index (χ3v) is 1.51. The minimum atomic E-state index is -0.347. The number of primary amides is 1. The summed E-state index contributed by atoms with van der Waals surface area (Å²) in [6, 6.07) is 0. The van der Waals surface area contributed by atoms with E-state index < -0.39 is 0 Å². The number of hydrogen-bond donors (Lipinski definition) is 1. The molecule has 0 unspecified atom stereocenters. The molecule has 0 aliphatic heterocycles. The van der Waals surface area contributed by atoms with Gasteiger partial charge in [0, 0.05) is 0 Å². The van der Waals surface area contributed by atoms with Gasteiger partial charge in [0.25, 0.3) is 0 Å². The zero-order valence-corrected chi connectivity index (χ0v) is 7.18. The molecule has 0 radical (unpaired) electrons. The summed E-state index contributed by atoms with van der Waals surface area (Å²) in [5.74, 6) is -0.347. The SMILES string of the molecule is CCCCCCC=CC(N)=O. The summed E-state index contributed by atoms with van der Waals surface area (Å²) in [5, 5.41) is 0. The van der Waals surface area contributed by atoms with Gasteiger partial charge in [-0.1, -0.05) is 32.3 Å². The van der Waals surface area contributed by atoms with E-state index in [4.69, 9.17) is 5.73 Å². The van der Waals surface area contributed by atoms with Crippen LogP contribution >= 0.6 is 0 Å². The van der Waals surface area contributed by atoms with Crippen molar-refractivity contribution < 1.29 is 4.79 Å². The first-order valence-corrected chi connectivity index (χ1v) is 4.23. The molecule has 0 aliphatic rings. The summed E-state index contributed by atoms with van der Waals surface area (Å²) < 4.78 is 0.